The van der Waals surface area contributed by atoms with Crippen LogP contribution in [0, 0.1) is 6.92 Å². The van der Waals surface area contributed by atoms with Crippen LogP contribution in [0.5, 0.6) is 0 Å². The third-order valence-electron chi connectivity index (χ3n) is 3.81. The lowest BCUT2D eigenvalue weighted by Crippen LogP contribution is -2.53. The molecule has 0 aliphatic carbocycles. The van der Waals surface area contributed by atoms with Gasteiger partial charge in [-0.3, -0.25) is 9.59 Å². The van der Waals surface area contributed by atoms with Crippen molar-refractivity contribution < 1.29 is 27.5 Å². The fourth-order valence-corrected chi connectivity index (χ4v) is 2.42. The third kappa shape index (κ3) is 6.15. The Morgan fingerprint density at radius 2 is 2.04 bits per heavy atom. The van der Waals surface area contributed by atoms with Crippen LogP contribution in [-0.4, -0.2) is 49.8 Å². The lowest BCUT2D eigenvalue weighted by atomic mass is 10.1. The average Bonchev–Trinajstić information content (AvgIpc) is 2.54. The Bertz CT molecular complexity index is 655. The van der Waals surface area contributed by atoms with Crippen LogP contribution < -0.4 is 16.0 Å². The molecule has 1 aliphatic heterocycles. The van der Waals surface area contributed by atoms with E-state index in [1.165, 1.54) is 12.1 Å². The molecule has 0 bridgehead atoms. The van der Waals surface area contributed by atoms with E-state index in [0.29, 0.717) is 24.4 Å². The third-order valence-corrected chi connectivity index (χ3v) is 3.81. The molecule has 1 heterocycles. The first kappa shape index (κ1) is 22.2. The number of benzene rings is 1. The van der Waals surface area contributed by atoms with E-state index in [1.54, 1.807) is 25.2 Å². The molecule has 2 amide bonds. The van der Waals surface area contributed by atoms with E-state index >= 15 is 0 Å². The minimum absolute atomic E-state index is 0. The quantitative estimate of drug-likeness (QED) is 0.728. The molecule has 26 heavy (non-hydrogen) atoms. The number of morpholine rings is 1. The summed E-state index contributed by atoms with van der Waals surface area (Å²) in [6.45, 7) is 3.13. The van der Waals surface area contributed by atoms with Crippen molar-refractivity contribution in [3.63, 3.8) is 0 Å². The van der Waals surface area contributed by atoms with Gasteiger partial charge in [0.1, 0.15) is 12.6 Å². The molecule has 6 nitrogen and oxygen atoms in total. The second-order valence-electron chi connectivity index (χ2n) is 5.82. The van der Waals surface area contributed by atoms with E-state index in [1.807, 2.05) is 0 Å². The van der Waals surface area contributed by atoms with Crippen LogP contribution in [0.1, 0.15) is 22.8 Å². The summed E-state index contributed by atoms with van der Waals surface area (Å²) in [5.74, 6) is -1.19. The summed E-state index contributed by atoms with van der Waals surface area (Å²) < 4.78 is 42.0. The zero-order valence-corrected chi connectivity index (χ0v) is 15.1. The molecule has 0 aromatic heterocycles. The summed E-state index contributed by atoms with van der Waals surface area (Å²) in [7, 11) is 0. The molecule has 1 saturated heterocycles. The molecule has 2 atom stereocenters. The predicted octanol–water partition coefficient (Wildman–Crippen LogP) is 2.02. The highest BCUT2D eigenvalue weighted by molar-refractivity contribution is 5.99. The highest BCUT2D eigenvalue weighted by Gasteiger charge is 2.29. The summed E-state index contributed by atoms with van der Waals surface area (Å²) in [6.07, 6.45) is -4.80. The maximum Gasteiger partial charge on any atom is 0.405 e. The average molecular weight is 396 g/mol. The smallest absolute Gasteiger partial charge is 0.375 e. The molecule has 0 unspecified atom stereocenters. The Morgan fingerprint density at radius 3 is 2.65 bits per heavy atom. The number of aryl methyl sites for hydroxylation is 1. The van der Waals surface area contributed by atoms with Crippen molar-refractivity contribution in [3.05, 3.63) is 29.3 Å². The molecule has 3 N–H and O–H groups in total. The van der Waals surface area contributed by atoms with Gasteiger partial charge in [0.15, 0.2) is 0 Å². The monoisotopic (exact) mass is 395 g/mol. The largest absolute Gasteiger partial charge is 0.405 e. The van der Waals surface area contributed by atoms with Crippen LogP contribution in [0.25, 0.3) is 0 Å². The zero-order chi connectivity index (χ0) is 18.6. The summed E-state index contributed by atoms with van der Waals surface area (Å²) >= 11 is 0. The fourth-order valence-electron chi connectivity index (χ4n) is 2.42. The van der Waals surface area contributed by atoms with Crippen LogP contribution in [0.15, 0.2) is 18.2 Å². The Balaban J connectivity index is 0.00000338. The van der Waals surface area contributed by atoms with E-state index in [2.05, 4.69) is 10.6 Å². The first-order valence-corrected chi connectivity index (χ1v) is 7.79. The molecule has 2 rings (SSSR count). The van der Waals surface area contributed by atoms with Crippen LogP contribution in [-0.2, 0) is 9.53 Å². The number of amides is 2. The number of rotatable bonds is 4. The van der Waals surface area contributed by atoms with Gasteiger partial charge in [0.05, 0.1) is 12.7 Å². The number of anilines is 1. The predicted molar refractivity (Wildman–Crippen MR) is 92.6 cm³/mol. The van der Waals surface area contributed by atoms with Gasteiger partial charge in [-0.15, -0.1) is 12.4 Å². The number of hydrogen-bond acceptors (Lipinski definition) is 4. The van der Waals surface area contributed by atoms with Gasteiger partial charge >= 0.3 is 6.18 Å². The van der Waals surface area contributed by atoms with E-state index < -0.39 is 24.7 Å². The Labute approximate surface area is 155 Å². The highest BCUT2D eigenvalue weighted by atomic mass is 35.5. The Morgan fingerprint density at radius 1 is 1.35 bits per heavy atom. The second-order valence-corrected chi connectivity index (χ2v) is 5.82. The van der Waals surface area contributed by atoms with Crippen molar-refractivity contribution in [2.45, 2.75) is 32.2 Å². The van der Waals surface area contributed by atoms with Gasteiger partial charge < -0.3 is 20.7 Å². The number of nitrogens with one attached hydrogen (secondary N) is 3. The maximum absolute atomic E-state index is 12.4. The minimum atomic E-state index is -4.49. The maximum atomic E-state index is 12.4. The van der Waals surface area contributed by atoms with Gasteiger partial charge in [-0.2, -0.15) is 13.2 Å². The summed E-state index contributed by atoms with van der Waals surface area (Å²) in [5, 5.41) is 7.54. The van der Waals surface area contributed by atoms with Crippen molar-refractivity contribution in [1.82, 2.24) is 10.6 Å². The lowest BCUT2D eigenvalue weighted by molar-refractivity contribution is -0.124. The molecule has 0 spiro atoms. The number of ether oxygens (including phenoxy) is 1. The highest BCUT2D eigenvalue weighted by Crippen LogP contribution is 2.19. The van der Waals surface area contributed by atoms with E-state index in [0.717, 1.165) is 0 Å². The van der Waals surface area contributed by atoms with Crippen molar-refractivity contribution in [1.29, 1.82) is 0 Å². The number of alkyl halides is 3. The molecule has 1 fully saturated rings. The van der Waals surface area contributed by atoms with Crippen LogP contribution in [0.4, 0.5) is 18.9 Å². The van der Waals surface area contributed by atoms with Gasteiger partial charge in [0, 0.05) is 17.8 Å². The van der Waals surface area contributed by atoms with Crippen LogP contribution >= 0.6 is 12.4 Å². The minimum Gasteiger partial charge on any atom is -0.375 e. The Hall–Kier alpha value is -1.84. The normalized spacial score (nSPS) is 20.0. The fraction of sp³-hybridized carbons (Fsp3) is 0.500. The van der Waals surface area contributed by atoms with Gasteiger partial charge in [-0.05, 0) is 31.5 Å². The molecule has 10 heteroatoms. The molecule has 146 valence electrons. The molecule has 0 radical (unpaired) electrons. The van der Waals surface area contributed by atoms with Crippen molar-refractivity contribution >= 4 is 29.9 Å². The Kier molecular flexibility index (Phi) is 7.86. The molecular formula is C16H21ClF3N3O3. The number of hydrogen-bond donors (Lipinski definition) is 3. The molecular weight excluding hydrogens is 375 g/mol. The summed E-state index contributed by atoms with van der Waals surface area (Å²) in [6, 6.07) is 3.77. The van der Waals surface area contributed by atoms with Gasteiger partial charge in [-0.25, -0.2) is 0 Å². The lowest BCUT2D eigenvalue weighted by Gasteiger charge is -2.29. The van der Waals surface area contributed by atoms with E-state index in [4.69, 9.17) is 4.74 Å². The van der Waals surface area contributed by atoms with E-state index in [9.17, 15) is 22.8 Å². The van der Waals surface area contributed by atoms with Crippen molar-refractivity contribution in [2.75, 3.05) is 25.0 Å². The first-order valence-electron chi connectivity index (χ1n) is 7.79. The number of carbonyl (C=O) groups is 2. The molecule has 1 aromatic carbocycles. The van der Waals surface area contributed by atoms with Crippen LogP contribution in [0.2, 0.25) is 0 Å². The molecule has 1 aliphatic rings. The van der Waals surface area contributed by atoms with Crippen LogP contribution in [0.3, 0.4) is 0 Å². The van der Waals surface area contributed by atoms with Gasteiger partial charge in [0.25, 0.3) is 5.91 Å². The topological polar surface area (TPSA) is 79.5 Å². The summed E-state index contributed by atoms with van der Waals surface area (Å²) in [5.41, 5.74) is 1.08. The van der Waals surface area contributed by atoms with Crippen molar-refractivity contribution in [2.24, 2.45) is 0 Å². The second kappa shape index (κ2) is 9.20. The van der Waals surface area contributed by atoms with E-state index in [-0.39, 0.29) is 30.0 Å². The molecule has 0 saturated carbocycles. The van der Waals surface area contributed by atoms with Gasteiger partial charge in [-0.1, -0.05) is 6.07 Å². The van der Waals surface area contributed by atoms with Crippen molar-refractivity contribution in [3.8, 4) is 0 Å². The number of carbonyl (C=O) groups excluding carboxylic acids is 2. The SMILES string of the molecule is Cc1ccc(C(=O)NCC(F)(F)F)cc1NC(=O)[C@H]1NCCO[C@@H]1C.Cl. The zero-order valence-electron chi connectivity index (χ0n) is 14.3. The number of halogens is 4. The first-order chi connectivity index (χ1) is 11.7. The molecule has 1 aromatic rings. The van der Waals surface area contributed by atoms with Gasteiger partial charge in [0.2, 0.25) is 5.91 Å². The summed E-state index contributed by atoms with van der Waals surface area (Å²) in [4.78, 5) is 24.2. The standard InChI is InChI=1S/C16H20F3N3O3.ClH/c1-9-3-4-11(14(23)21-8-16(17,18)19)7-12(9)22-15(24)13-10(2)25-6-5-20-13;/h3-4,7,10,13,20H,5-6,8H2,1-2H3,(H,21,23)(H,22,24);1H/t10-,13+;/m1./s1.